The van der Waals surface area contributed by atoms with Gasteiger partial charge in [0.2, 0.25) is 10.3 Å². The summed E-state index contributed by atoms with van der Waals surface area (Å²) in [6, 6.07) is 2.12. The molecular formula is C17H24N8O2S2. The molecule has 0 radical (unpaired) electrons. The van der Waals surface area contributed by atoms with Crippen molar-refractivity contribution in [2.24, 2.45) is 10.2 Å². The Kier molecular flexibility index (Phi) is 8.71. The molecule has 0 aliphatic rings. The van der Waals surface area contributed by atoms with Crippen molar-refractivity contribution in [2.45, 2.75) is 45.1 Å². The number of azo groups is 1. The monoisotopic (exact) mass is 436 g/mol. The van der Waals surface area contributed by atoms with Gasteiger partial charge in [-0.05, 0) is 26.5 Å². The molecule has 4 N–H and O–H groups in total. The number of nitrogens with zero attached hydrogens (tertiary/aromatic N) is 6. The second-order valence-corrected chi connectivity index (χ2v) is 8.18. The molecule has 29 heavy (non-hydrogen) atoms. The second kappa shape index (κ2) is 11.0. The summed E-state index contributed by atoms with van der Waals surface area (Å²) in [6.45, 7) is 7.51. The average Bonchev–Trinajstić information content (AvgIpc) is 3.11. The molecule has 0 saturated heterocycles. The highest BCUT2D eigenvalue weighted by Gasteiger charge is 2.18. The van der Waals surface area contributed by atoms with Gasteiger partial charge in [-0.1, -0.05) is 18.7 Å². The Morgan fingerprint density at radius 3 is 2.38 bits per heavy atom. The number of thioether (sulfide) groups is 1. The molecule has 0 bridgehead atoms. The number of aliphatic hydroxyl groups is 2. The summed E-state index contributed by atoms with van der Waals surface area (Å²) in [7, 11) is 0. The molecule has 0 saturated carbocycles. The van der Waals surface area contributed by atoms with E-state index in [1.54, 1.807) is 20.8 Å². The average molecular weight is 437 g/mol. The van der Waals surface area contributed by atoms with Crippen LogP contribution >= 0.6 is 23.3 Å². The molecule has 12 heteroatoms. The number of rotatable bonds is 10. The van der Waals surface area contributed by atoms with Gasteiger partial charge >= 0.3 is 0 Å². The minimum absolute atomic E-state index is 0.237. The number of hydrogen-bond donors (Lipinski definition) is 4. The van der Waals surface area contributed by atoms with E-state index in [2.05, 4.69) is 41.3 Å². The number of nitrogens with one attached hydrogen (secondary N) is 2. The van der Waals surface area contributed by atoms with E-state index in [9.17, 15) is 15.5 Å². The lowest BCUT2D eigenvalue weighted by molar-refractivity contribution is 0.208. The van der Waals surface area contributed by atoms with Crippen LogP contribution in [0.1, 0.15) is 31.9 Å². The molecule has 0 aliphatic carbocycles. The molecule has 0 spiro atoms. The maximum Gasteiger partial charge on any atom is 0.250 e. The van der Waals surface area contributed by atoms with Crippen LogP contribution in [0.3, 0.4) is 0 Å². The fraction of sp³-hybridized carbons (Fsp3) is 0.529. The van der Waals surface area contributed by atoms with Crippen molar-refractivity contribution >= 4 is 45.7 Å². The molecule has 2 aromatic heterocycles. The molecule has 156 valence electrons. The van der Waals surface area contributed by atoms with E-state index >= 15 is 0 Å². The molecule has 10 nitrogen and oxygen atoms in total. The zero-order chi connectivity index (χ0) is 21.4. The third-order valence-electron chi connectivity index (χ3n) is 3.56. The Hall–Kier alpha value is -2.33. The van der Waals surface area contributed by atoms with Crippen molar-refractivity contribution in [3.63, 3.8) is 0 Å². The largest absolute Gasteiger partial charge is 0.392 e. The summed E-state index contributed by atoms with van der Waals surface area (Å²) in [5, 5.41) is 44.2. The van der Waals surface area contributed by atoms with E-state index in [0.717, 1.165) is 17.3 Å². The van der Waals surface area contributed by atoms with Crippen LogP contribution in [-0.4, -0.2) is 55.6 Å². The summed E-state index contributed by atoms with van der Waals surface area (Å²) in [5.74, 6) is 1.55. The van der Waals surface area contributed by atoms with Gasteiger partial charge in [-0.25, -0.2) is 4.98 Å². The number of aliphatic hydroxyl groups excluding tert-OH is 2. The molecule has 2 atom stereocenters. The van der Waals surface area contributed by atoms with E-state index in [4.69, 9.17) is 0 Å². The van der Waals surface area contributed by atoms with E-state index in [1.165, 1.54) is 11.8 Å². The maximum atomic E-state index is 9.62. The van der Waals surface area contributed by atoms with Gasteiger partial charge in [0.05, 0.1) is 17.8 Å². The predicted molar refractivity (Wildman–Crippen MR) is 115 cm³/mol. The third kappa shape index (κ3) is 6.60. The molecular weight excluding hydrogens is 412 g/mol. The lowest BCUT2D eigenvalue weighted by Crippen LogP contribution is -2.19. The van der Waals surface area contributed by atoms with Gasteiger partial charge in [0, 0.05) is 30.2 Å². The summed E-state index contributed by atoms with van der Waals surface area (Å²) in [4.78, 5) is 8.72. The molecule has 0 amide bonds. The van der Waals surface area contributed by atoms with E-state index in [1.807, 2.05) is 6.92 Å². The second-order valence-electron chi connectivity index (χ2n) is 6.22. The molecule has 2 aromatic rings. The number of anilines is 2. The molecule has 0 aliphatic heterocycles. The van der Waals surface area contributed by atoms with Gasteiger partial charge in [-0.2, -0.15) is 14.6 Å². The SMILES string of the molecule is CCSc1nsc(N=Nc2c(NCC(C)O)nc(NCC(C)O)c(C#N)c2C)n1. The quantitative estimate of drug-likeness (QED) is 0.325. The van der Waals surface area contributed by atoms with Crippen LogP contribution in [0.15, 0.2) is 15.4 Å². The van der Waals surface area contributed by atoms with Gasteiger partial charge in [0.15, 0.2) is 5.82 Å². The van der Waals surface area contributed by atoms with Crippen LogP contribution < -0.4 is 10.6 Å². The lowest BCUT2D eigenvalue weighted by Gasteiger charge is -2.16. The molecule has 2 unspecified atom stereocenters. The van der Waals surface area contributed by atoms with Gasteiger partial charge < -0.3 is 20.8 Å². The Labute approximate surface area is 177 Å². The fourth-order valence-corrected chi connectivity index (χ4v) is 3.41. The first-order chi connectivity index (χ1) is 13.8. The van der Waals surface area contributed by atoms with Crippen LogP contribution in [0, 0.1) is 18.3 Å². The zero-order valence-electron chi connectivity index (χ0n) is 16.7. The van der Waals surface area contributed by atoms with E-state index in [-0.39, 0.29) is 13.1 Å². The van der Waals surface area contributed by atoms with Gasteiger partial charge in [0.25, 0.3) is 0 Å². The Balaban J connectivity index is 2.43. The highest BCUT2D eigenvalue weighted by Crippen LogP contribution is 2.35. The minimum atomic E-state index is -0.608. The summed E-state index contributed by atoms with van der Waals surface area (Å²) in [5.41, 5.74) is 1.26. The van der Waals surface area contributed by atoms with Crippen molar-refractivity contribution in [3.05, 3.63) is 11.1 Å². The highest BCUT2D eigenvalue weighted by atomic mass is 32.2. The first-order valence-electron chi connectivity index (χ1n) is 9.02. The van der Waals surface area contributed by atoms with Crippen LogP contribution in [0.5, 0.6) is 0 Å². The lowest BCUT2D eigenvalue weighted by atomic mass is 10.1. The molecule has 0 fully saturated rings. The zero-order valence-corrected chi connectivity index (χ0v) is 18.3. The van der Waals surface area contributed by atoms with Crippen molar-refractivity contribution in [1.29, 1.82) is 5.26 Å². The third-order valence-corrected chi connectivity index (χ3v) is 5.01. The van der Waals surface area contributed by atoms with Crippen molar-refractivity contribution in [2.75, 3.05) is 29.5 Å². The van der Waals surface area contributed by atoms with Crippen LogP contribution in [0.25, 0.3) is 0 Å². The van der Waals surface area contributed by atoms with Crippen molar-refractivity contribution in [1.82, 2.24) is 14.3 Å². The number of pyridine rings is 1. The summed E-state index contributed by atoms with van der Waals surface area (Å²) in [6.07, 6.45) is -1.22. The fourth-order valence-electron chi connectivity index (χ4n) is 2.22. The van der Waals surface area contributed by atoms with Gasteiger partial charge in [0.1, 0.15) is 17.6 Å². The first kappa shape index (κ1) is 23.0. The summed E-state index contributed by atoms with van der Waals surface area (Å²) >= 11 is 2.65. The summed E-state index contributed by atoms with van der Waals surface area (Å²) < 4.78 is 4.20. The van der Waals surface area contributed by atoms with Gasteiger partial charge in [-0.3, -0.25) is 0 Å². The van der Waals surface area contributed by atoms with Crippen molar-refractivity contribution < 1.29 is 10.2 Å². The highest BCUT2D eigenvalue weighted by molar-refractivity contribution is 7.99. The standard InChI is InChI=1S/C17H24N8O2S2/c1-5-28-17-22-16(29-25-17)24-23-13-11(4)12(6-18)14(19-7-9(2)26)21-15(13)20-8-10(3)27/h9-10,26-27H,5,7-8H2,1-4H3,(H2,19,20,21). The number of aromatic nitrogens is 3. The van der Waals surface area contributed by atoms with E-state index in [0.29, 0.717) is 38.7 Å². The Bertz CT molecular complexity index is 892. The smallest absolute Gasteiger partial charge is 0.250 e. The van der Waals surface area contributed by atoms with Crippen LogP contribution in [0.4, 0.5) is 22.5 Å². The van der Waals surface area contributed by atoms with Gasteiger partial charge in [-0.15, -0.1) is 10.2 Å². The van der Waals surface area contributed by atoms with E-state index < -0.39 is 12.2 Å². The number of nitriles is 1. The Morgan fingerprint density at radius 2 is 1.79 bits per heavy atom. The van der Waals surface area contributed by atoms with Crippen LogP contribution in [-0.2, 0) is 0 Å². The molecule has 2 heterocycles. The first-order valence-corrected chi connectivity index (χ1v) is 10.8. The number of hydrogen-bond acceptors (Lipinski definition) is 12. The minimum Gasteiger partial charge on any atom is -0.392 e. The molecule has 0 aromatic carbocycles. The maximum absolute atomic E-state index is 9.62. The topological polar surface area (TPSA) is 152 Å². The van der Waals surface area contributed by atoms with Crippen LogP contribution in [0.2, 0.25) is 0 Å². The Morgan fingerprint density at radius 1 is 1.14 bits per heavy atom. The normalized spacial score (nSPS) is 13.3. The van der Waals surface area contributed by atoms with Crippen molar-refractivity contribution in [3.8, 4) is 6.07 Å². The molecule has 2 rings (SSSR count). The predicted octanol–water partition coefficient (Wildman–Crippen LogP) is 3.23.